The smallest absolute Gasteiger partial charge is 0.408 e. The molecule has 0 unspecified atom stereocenters. The monoisotopic (exact) mass is 408 g/mol. The van der Waals surface area contributed by atoms with Crippen LogP contribution in [-0.4, -0.2) is 75.2 Å². The molecule has 1 aliphatic rings. The van der Waals surface area contributed by atoms with Gasteiger partial charge in [0.15, 0.2) is 0 Å². The Bertz CT molecular complexity index is 650. The van der Waals surface area contributed by atoms with Gasteiger partial charge in [0, 0.05) is 26.1 Å². The summed E-state index contributed by atoms with van der Waals surface area (Å²) in [5, 5.41) is 2.58. The summed E-state index contributed by atoms with van der Waals surface area (Å²) in [6.45, 7) is 10.1. The molecule has 1 saturated heterocycles. The van der Waals surface area contributed by atoms with E-state index in [1.807, 2.05) is 24.3 Å². The molecule has 162 valence electrons. The Morgan fingerprint density at radius 1 is 1.17 bits per heavy atom. The number of rotatable bonds is 8. The van der Waals surface area contributed by atoms with E-state index in [1.54, 1.807) is 20.8 Å². The summed E-state index contributed by atoms with van der Waals surface area (Å²) in [5.41, 5.74) is 0.224. The van der Waals surface area contributed by atoms with Gasteiger partial charge in [-0.3, -0.25) is 4.90 Å². The molecule has 1 N–H and O–H groups in total. The summed E-state index contributed by atoms with van der Waals surface area (Å²) < 4.78 is 21.2. The fraction of sp³-hybridized carbons (Fsp3) is 0.619. The minimum atomic E-state index is -0.831. The number of methoxy groups -OCH3 is 1. The van der Waals surface area contributed by atoms with Crippen LogP contribution in [0, 0.1) is 0 Å². The molecule has 0 spiro atoms. The van der Waals surface area contributed by atoms with Crippen molar-refractivity contribution >= 4 is 12.1 Å². The molecule has 1 aromatic rings. The van der Waals surface area contributed by atoms with Gasteiger partial charge in [0.25, 0.3) is 0 Å². The van der Waals surface area contributed by atoms with E-state index in [4.69, 9.17) is 18.9 Å². The van der Waals surface area contributed by atoms with Crippen molar-refractivity contribution in [3.8, 4) is 5.75 Å². The molecule has 1 heterocycles. The molecule has 1 aromatic carbocycles. The standard InChI is InChI=1S/C21H32N2O6/c1-21(2,3)29-20(25)22-18(19(24)26-4)15-16-5-7-17(8-6-16)28-14-11-23-9-12-27-13-10-23/h5-8,18H,9-15H2,1-4H3,(H,22,25)/t18-/m1/s1. The Morgan fingerprint density at radius 2 is 1.83 bits per heavy atom. The fourth-order valence-corrected chi connectivity index (χ4v) is 2.86. The predicted molar refractivity (Wildman–Crippen MR) is 108 cm³/mol. The van der Waals surface area contributed by atoms with Gasteiger partial charge in [-0.15, -0.1) is 0 Å². The lowest BCUT2D eigenvalue weighted by Crippen LogP contribution is -2.45. The highest BCUT2D eigenvalue weighted by Crippen LogP contribution is 2.15. The zero-order valence-electron chi connectivity index (χ0n) is 17.7. The predicted octanol–water partition coefficient (Wildman–Crippen LogP) is 2.01. The number of carbonyl (C=O) groups is 2. The Morgan fingerprint density at radius 3 is 2.41 bits per heavy atom. The average molecular weight is 408 g/mol. The number of esters is 1. The summed E-state index contributed by atoms with van der Waals surface area (Å²) in [5.74, 6) is 0.235. The largest absolute Gasteiger partial charge is 0.492 e. The van der Waals surface area contributed by atoms with Crippen molar-refractivity contribution in [3.63, 3.8) is 0 Å². The molecular weight excluding hydrogens is 376 g/mol. The number of benzene rings is 1. The van der Waals surface area contributed by atoms with Gasteiger partial charge in [0.1, 0.15) is 24.0 Å². The fourth-order valence-electron chi connectivity index (χ4n) is 2.86. The van der Waals surface area contributed by atoms with E-state index in [9.17, 15) is 9.59 Å². The molecule has 1 amide bonds. The van der Waals surface area contributed by atoms with Gasteiger partial charge in [-0.1, -0.05) is 12.1 Å². The molecule has 2 rings (SSSR count). The number of hydrogen-bond acceptors (Lipinski definition) is 7. The lowest BCUT2D eigenvalue weighted by molar-refractivity contribution is -0.143. The molecule has 0 aromatic heterocycles. The van der Waals surface area contributed by atoms with Crippen molar-refractivity contribution in [2.75, 3.05) is 46.6 Å². The zero-order chi connectivity index (χ0) is 21.3. The maximum atomic E-state index is 12.0. The average Bonchev–Trinajstić information content (AvgIpc) is 2.67. The van der Waals surface area contributed by atoms with Crippen LogP contribution < -0.4 is 10.1 Å². The van der Waals surface area contributed by atoms with Crippen LogP contribution in [0.2, 0.25) is 0 Å². The Hall–Kier alpha value is -2.32. The lowest BCUT2D eigenvalue weighted by atomic mass is 10.1. The highest BCUT2D eigenvalue weighted by atomic mass is 16.6. The first-order valence-electron chi connectivity index (χ1n) is 9.86. The number of amides is 1. The molecule has 1 atom stereocenters. The molecule has 0 bridgehead atoms. The SMILES string of the molecule is COC(=O)[C@@H](Cc1ccc(OCCN2CCOCC2)cc1)NC(=O)OC(C)(C)C. The first kappa shape index (κ1) is 23.0. The summed E-state index contributed by atoms with van der Waals surface area (Å²) in [6.07, 6.45) is -0.365. The number of hydrogen-bond donors (Lipinski definition) is 1. The molecular formula is C21H32N2O6. The van der Waals surface area contributed by atoms with Crippen LogP contribution >= 0.6 is 0 Å². The second-order valence-corrected chi connectivity index (χ2v) is 7.87. The van der Waals surface area contributed by atoms with E-state index in [1.165, 1.54) is 7.11 Å². The van der Waals surface area contributed by atoms with Gasteiger partial charge in [-0.25, -0.2) is 9.59 Å². The molecule has 1 aliphatic heterocycles. The summed E-state index contributed by atoms with van der Waals surface area (Å²) >= 11 is 0. The summed E-state index contributed by atoms with van der Waals surface area (Å²) in [7, 11) is 1.29. The van der Waals surface area contributed by atoms with E-state index in [2.05, 4.69) is 10.2 Å². The van der Waals surface area contributed by atoms with Crippen LogP contribution in [0.25, 0.3) is 0 Å². The number of morpholine rings is 1. The van der Waals surface area contributed by atoms with Gasteiger partial charge >= 0.3 is 12.1 Å². The second kappa shape index (κ2) is 11.0. The van der Waals surface area contributed by atoms with Crippen molar-refractivity contribution in [2.45, 2.75) is 38.8 Å². The molecule has 29 heavy (non-hydrogen) atoms. The van der Waals surface area contributed by atoms with Crippen LogP contribution in [0.15, 0.2) is 24.3 Å². The number of carbonyl (C=O) groups excluding carboxylic acids is 2. The van der Waals surface area contributed by atoms with Crippen molar-refractivity contribution < 1.29 is 28.5 Å². The molecule has 0 radical (unpaired) electrons. The van der Waals surface area contributed by atoms with Gasteiger partial charge in [-0.05, 0) is 38.5 Å². The van der Waals surface area contributed by atoms with Crippen LogP contribution in [-0.2, 0) is 25.4 Å². The Balaban J connectivity index is 1.85. The topological polar surface area (TPSA) is 86.3 Å². The molecule has 8 heteroatoms. The van der Waals surface area contributed by atoms with Gasteiger partial charge in [-0.2, -0.15) is 0 Å². The van der Waals surface area contributed by atoms with Crippen LogP contribution in [0.3, 0.4) is 0 Å². The third-order valence-electron chi connectivity index (χ3n) is 4.32. The number of alkyl carbamates (subject to hydrolysis) is 1. The normalized spacial score (nSPS) is 16.0. The van der Waals surface area contributed by atoms with E-state index in [0.29, 0.717) is 13.0 Å². The Labute approximate surface area is 172 Å². The first-order valence-corrected chi connectivity index (χ1v) is 9.86. The van der Waals surface area contributed by atoms with E-state index >= 15 is 0 Å². The zero-order valence-corrected chi connectivity index (χ0v) is 17.7. The highest BCUT2D eigenvalue weighted by molar-refractivity contribution is 5.81. The molecule has 0 aliphatic carbocycles. The molecule has 8 nitrogen and oxygen atoms in total. The first-order chi connectivity index (χ1) is 13.8. The number of nitrogens with zero attached hydrogens (tertiary/aromatic N) is 1. The maximum absolute atomic E-state index is 12.0. The molecule has 0 saturated carbocycles. The third kappa shape index (κ3) is 8.70. The summed E-state index contributed by atoms with van der Waals surface area (Å²) in [6, 6.07) is 6.63. The number of ether oxygens (including phenoxy) is 4. The quantitative estimate of drug-likeness (QED) is 0.659. The number of nitrogens with one attached hydrogen (secondary N) is 1. The van der Waals surface area contributed by atoms with Crippen molar-refractivity contribution in [3.05, 3.63) is 29.8 Å². The van der Waals surface area contributed by atoms with Crippen LogP contribution in [0.4, 0.5) is 4.79 Å². The maximum Gasteiger partial charge on any atom is 0.408 e. The molecule has 1 fully saturated rings. The van der Waals surface area contributed by atoms with E-state index in [-0.39, 0.29) is 0 Å². The van der Waals surface area contributed by atoms with Crippen LogP contribution in [0.1, 0.15) is 26.3 Å². The van der Waals surface area contributed by atoms with Crippen molar-refractivity contribution in [1.82, 2.24) is 10.2 Å². The second-order valence-electron chi connectivity index (χ2n) is 7.87. The minimum Gasteiger partial charge on any atom is -0.492 e. The van der Waals surface area contributed by atoms with Gasteiger partial charge in [0.2, 0.25) is 0 Å². The van der Waals surface area contributed by atoms with E-state index in [0.717, 1.165) is 44.2 Å². The van der Waals surface area contributed by atoms with Crippen molar-refractivity contribution in [2.24, 2.45) is 0 Å². The van der Waals surface area contributed by atoms with Gasteiger partial charge < -0.3 is 24.3 Å². The lowest BCUT2D eigenvalue weighted by Gasteiger charge is -2.26. The summed E-state index contributed by atoms with van der Waals surface area (Å²) in [4.78, 5) is 26.4. The van der Waals surface area contributed by atoms with Gasteiger partial charge in [0.05, 0.1) is 20.3 Å². The minimum absolute atomic E-state index is 0.292. The highest BCUT2D eigenvalue weighted by Gasteiger charge is 2.25. The third-order valence-corrected chi connectivity index (χ3v) is 4.32. The van der Waals surface area contributed by atoms with Crippen molar-refractivity contribution in [1.29, 1.82) is 0 Å². The van der Waals surface area contributed by atoms with Crippen LogP contribution in [0.5, 0.6) is 5.75 Å². The van der Waals surface area contributed by atoms with E-state index < -0.39 is 23.7 Å². The Kier molecular flexibility index (Phi) is 8.72.